The molecule has 0 aromatic heterocycles. The SMILES string of the molecule is OB(O)O.[Al+3].[Nd+3].[O-]B([O-])[O-].[O-]B([O-])[O-].[O-]B([O-])[O-].[Yb+3]. The van der Waals surface area contributed by atoms with Crippen LogP contribution in [0.25, 0.3) is 0 Å². The van der Waals surface area contributed by atoms with E-state index in [4.69, 9.17) is 60.3 Å². The van der Waals surface area contributed by atoms with E-state index in [9.17, 15) is 0 Å². The van der Waals surface area contributed by atoms with E-state index >= 15 is 0 Å². The Kier molecular flexibility index (Phi) is 85.1. The van der Waals surface area contributed by atoms with Gasteiger partial charge in [0.15, 0.2) is 0 Å². The number of rotatable bonds is 0. The van der Waals surface area contributed by atoms with Gasteiger partial charge >= 0.3 is 112 Å². The van der Waals surface area contributed by atoms with Crippen molar-refractivity contribution in [1.82, 2.24) is 0 Å². The van der Waals surface area contributed by atoms with Crippen LogP contribution in [0.2, 0.25) is 0 Å². The molecule has 0 aliphatic rings. The standard InChI is InChI=1S/Al.BH3O3.3BO3.Nd.Yb/c;4*2-1(3)4;;/h;2-4H;;;;;/q+3;;3*-3;2*+3. The maximum absolute atomic E-state index is 8.42. The summed E-state index contributed by atoms with van der Waals surface area (Å²) in [4.78, 5) is 0. The van der Waals surface area contributed by atoms with Crippen LogP contribution >= 0.6 is 0 Å². The Labute approximate surface area is 191 Å². The van der Waals surface area contributed by atoms with Gasteiger partial charge in [0.25, 0.3) is 0 Å². The van der Waals surface area contributed by atoms with Gasteiger partial charge in [0.1, 0.15) is 0 Å². The molecule has 12 nitrogen and oxygen atoms in total. The molecule has 0 fully saturated rings. The molecule has 0 heterocycles. The van der Waals surface area contributed by atoms with Gasteiger partial charge in [-0.1, -0.05) is 0 Å². The van der Waals surface area contributed by atoms with Gasteiger partial charge in [0.2, 0.25) is 0 Å². The van der Waals surface area contributed by atoms with E-state index in [1.807, 2.05) is 0 Å². The van der Waals surface area contributed by atoms with Crippen LogP contribution in [0, 0.1) is 87.8 Å². The van der Waals surface area contributed by atoms with E-state index in [-0.39, 0.29) is 105 Å². The average Bonchev–Trinajstić information content (AvgIpc) is 1.76. The van der Waals surface area contributed by atoms with E-state index in [0.29, 0.717) is 0 Å². The molecule has 0 rings (SSSR count). The first-order valence-corrected chi connectivity index (χ1v) is 2.90. The van der Waals surface area contributed by atoms with Crippen molar-refractivity contribution in [3.05, 3.63) is 0 Å². The molecule has 0 aromatic carbocycles. The molecular formula is H3AlB4NdO12Yb. The summed E-state index contributed by atoms with van der Waals surface area (Å²) in [6, 6.07) is 0. The first kappa shape index (κ1) is 43.2. The molecule has 108 valence electrons. The van der Waals surface area contributed by atoms with Crippen molar-refractivity contribution in [2.24, 2.45) is 0 Å². The predicted molar refractivity (Wildman–Crippen MR) is 35.4 cm³/mol. The first-order chi connectivity index (χ1) is 6.93. The molecule has 0 amide bonds. The van der Waals surface area contributed by atoms with Crippen LogP contribution in [0.4, 0.5) is 0 Å². The Hall–Kier alpha value is 3.18. The van der Waals surface area contributed by atoms with Gasteiger partial charge in [-0.25, -0.2) is 0 Å². The quantitative estimate of drug-likeness (QED) is 0.225. The second-order valence-corrected chi connectivity index (χ2v) is 1.21. The van der Waals surface area contributed by atoms with E-state index in [2.05, 4.69) is 0 Å². The van der Waals surface area contributed by atoms with Crippen LogP contribution in [-0.4, -0.2) is 61.7 Å². The third-order valence-corrected chi connectivity index (χ3v) is 0. The maximum atomic E-state index is 8.42. The molecule has 3 N–H and O–H groups in total. The largest absolute Gasteiger partial charge is 3.00 e. The van der Waals surface area contributed by atoms with E-state index in [1.54, 1.807) is 0 Å². The van der Waals surface area contributed by atoms with E-state index in [1.165, 1.54) is 0 Å². The molecule has 2 radical (unpaired) electrons. The van der Waals surface area contributed by atoms with Crippen molar-refractivity contribution in [2.45, 2.75) is 0 Å². The fourth-order valence-corrected chi connectivity index (χ4v) is 0. The van der Waals surface area contributed by atoms with Gasteiger partial charge in [0, 0.05) is 0 Å². The molecule has 0 atom stereocenters. The summed E-state index contributed by atoms with van der Waals surface area (Å²) in [7, 11) is -10.9. The molecule has 0 saturated heterocycles. The van der Waals surface area contributed by atoms with Gasteiger partial charge in [0.05, 0.1) is 0 Å². The van der Waals surface area contributed by atoms with Crippen LogP contribution in [-0.2, 0) is 0 Å². The topological polar surface area (TPSA) is 268 Å². The molecule has 0 unspecified atom stereocenters. The van der Waals surface area contributed by atoms with Crippen LogP contribution < -0.4 is 45.2 Å². The van der Waals surface area contributed by atoms with Crippen molar-refractivity contribution in [2.75, 3.05) is 0 Å². The molecule has 0 spiro atoms. The van der Waals surface area contributed by atoms with Gasteiger partial charge in [-0.05, 0) is 0 Å². The Balaban J connectivity index is -0.0000000192. The molecule has 0 saturated carbocycles. The smallest absolute Gasteiger partial charge is 0.907 e. The first-order valence-electron chi connectivity index (χ1n) is 2.90. The fraction of sp³-hybridized carbons (Fsp3) is 0. The Bertz CT molecular complexity index is 72.7. The van der Waals surface area contributed by atoms with Gasteiger partial charge < -0.3 is 60.3 Å². The minimum atomic E-state index is -2.92. The summed E-state index contributed by atoms with van der Waals surface area (Å²) < 4.78 is 0. The zero-order valence-corrected chi connectivity index (χ0v) is 14.7. The molecule has 0 aliphatic carbocycles. The average molecular weight is 583 g/mol. The molecular weight excluding hydrogens is 579 g/mol. The van der Waals surface area contributed by atoms with Gasteiger partial charge in [-0.15, -0.1) is 0 Å². The zero-order valence-electron chi connectivity index (χ0n) is 8.67. The molecule has 19 heteroatoms. The Morgan fingerprint density at radius 3 is 0.526 bits per heavy atom. The maximum Gasteiger partial charge on any atom is 3.00 e. The zero-order chi connectivity index (χ0) is 14.3. The predicted octanol–water partition coefficient (Wildman–Crippen LogP) is -14.3. The molecule has 0 aliphatic heterocycles. The van der Waals surface area contributed by atoms with Crippen molar-refractivity contribution < 1.29 is 148 Å². The van der Waals surface area contributed by atoms with Crippen LogP contribution in [0.1, 0.15) is 0 Å². The van der Waals surface area contributed by atoms with Gasteiger partial charge in [-0.3, -0.25) is 22.0 Å². The second kappa shape index (κ2) is 37.4. The normalized spacial score (nSPS) is 5.68. The third-order valence-electron chi connectivity index (χ3n) is 0. The van der Waals surface area contributed by atoms with Crippen LogP contribution in [0.15, 0.2) is 0 Å². The fourth-order valence-electron chi connectivity index (χ4n) is 0. The second-order valence-electron chi connectivity index (χ2n) is 1.21. The minimum absolute atomic E-state index is 0. The third kappa shape index (κ3) is 770. The summed E-state index contributed by atoms with van der Waals surface area (Å²) in [6.07, 6.45) is 0. The van der Waals surface area contributed by atoms with Crippen LogP contribution in [0.3, 0.4) is 0 Å². The Morgan fingerprint density at radius 1 is 0.526 bits per heavy atom. The van der Waals surface area contributed by atoms with E-state index < -0.39 is 29.3 Å². The molecule has 0 bridgehead atoms. The van der Waals surface area contributed by atoms with Crippen molar-refractivity contribution in [3.8, 4) is 0 Å². The minimum Gasteiger partial charge on any atom is -0.907 e. The number of hydrogen-bond donors (Lipinski definition) is 3. The van der Waals surface area contributed by atoms with Crippen molar-refractivity contribution in [3.63, 3.8) is 0 Å². The van der Waals surface area contributed by atoms with E-state index in [0.717, 1.165) is 0 Å². The summed E-state index contributed by atoms with van der Waals surface area (Å²) in [5, 5.41) is 97.2. The Morgan fingerprint density at radius 2 is 0.526 bits per heavy atom. The van der Waals surface area contributed by atoms with Crippen LogP contribution in [0.5, 0.6) is 0 Å². The number of hydrogen-bond acceptors (Lipinski definition) is 12. The summed E-state index contributed by atoms with van der Waals surface area (Å²) in [5.74, 6) is 0. The van der Waals surface area contributed by atoms with Crippen molar-refractivity contribution in [1.29, 1.82) is 0 Å². The molecule has 0 aromatic rings. The summed E-state index contributed by atoms with van der Waals surface area (Å²) >= 11 is 0. The molecule has 19 heavy (non-hydrogen) atoms. The van der Waals surface area contributed by atoms with Crippen molar-refractivity contribution >= 4 is 46.6 Å². The summed E-state index contributed by atoms with van der Waals surface area (Å²) in [6.45, 7) is 0. The summed E-state index contributed by atoms with van der Waals surface area (Å²) in [5.41, 5.74) is 0. The monoisotopic (exact) mass is 582 g/mol. The van der Waals surface area contributed by atoms with Gasteiger partial charge in [-0.2, -0.15) is 0 Å².